The second kappa shape index (κ2) is 8.99. The van der Waals surface area contributed by atoms with Crippen LogP contribution >= 0.6 is 0 Å². The fraction of sp³-hybridized carbons (Fsp3) is 0.333. The van der Waals surface area contributed by atoms with Crippen LogP contribution < -0.4 is 5.32 Å². The number of esters is 1. The monoisotopic (exact) mass is 469 g/mol. The minimum absolute atomic E-state index is 0.0553. The molecule has 33 heavy (non-hydrogen) atoms. The van der Waals surface area contributed by atoms with Crippen LogP contribution in [0.15, 0.2) is 47.4 Å². The van der Waals surface area contributed by atoms with E-state index in [1.807, 2.05) is 12.1 Å². The van der Waals surface area contributed by atoms with Crippen LogP contribution in [0.1, 0.15) is 35.0 Å². The van der Waals surface area contributed by atoms with Crippen molar-refractivity contribution in [3.05, 3.63) is 59.3 Å². The molecule has 4 rings (SSSR count). The maximum absolute atomic E-state index is 12.6. The van der Waals surface area contributed by atoms with Gasteiger partial charge in [0.05, 0.1) is 10.5 Å². The van der Waals surface area contributed by atoms with E-state index in [4.69, 9.17) is 4.74 Å². The summed E-state index contributed by atoms with van der Waals surface area (Å²) in [4.78, 5) is 28.3. The Bertz CT molecular complexity index is 1330. The molecule has 8 nitrogen and oxygen atoms in total. The molecule has 0 aliphatic heterocycles. The van der Waals surface area contributed by atoms with Gasteiger partial charge in [-0.2, -0.15) is 0 Å². The first-order valence-corrected chi connectivity index (χ1v) is 12.2. The van der Waals surface area contributed by atoms with Crippen molar-refractivity contribution in [2.45, 2.75) is 31.1 Å². The van der Waals surface area contributed by atoms with Crippen LogP contribution in [0.5, 0.6) is 0 Å². The number of ether oxygens (including phenoxy) is 1. The number of carbonyl (C=O) groups is 2. The van der Waals surface area contributed by atoms with Crippen molar-refractivity contribution in [1.29, 1.82) is 0 Å². The average molecular weight is 470 g/mol. The highest BCUT2D eigenvalue weighted by molar-refractivity contribution is 7.89. The minimum atomic E-state index is -3.63. The van der Waals surface area contributed by atoms with E-state index in [-0.39, 0.29) is 4.90 Å². The van der Waals surface area contributed by atoms with Crippen LogP contribution in [-0.2, 0) is 32.4 Å². The Morgan fingerprint density at radius 2 is 1.97 bits per heavy atom. The number of aromatic amines is 1. The molecule has 1 aliphatic carbocycles. The zero-order valence-corrected chi connectivity index (χ0v) is 19.7. The van der Waals surface area contributed by atoms with Gasteiger partial charge in [-0.05, 0) is 67.1 Å². The summed E-state index contributed by atoms with van der Waals surface area (Å²) in [6.45, 7) is 1.74. The third kappa shape index (κ3) is 4.79. The Balaban J connectivity index is 1.41. The topological polar surface area (TPSA) is 109 Å². The lowest BCUT2D eigenvalue weighted by Gasteiger charge is -2.18. The van der Waals surface area contributed by atoms with Crippen molar-refractivity contribution in [2.24, 2.45) is 5.92 Å². The number of nitrogens with one attached hydrogen (secondary N) is 2. The number of aryl methyl sites for hydroxylation is 1. The first kappa shape index (κ1) is 23.0. The Morgan fingerprint density at radius 3 is 2.73 bits per heavy atom. The second-order valence-corrected chi connectivity index (χ2v) is 10.8. The van der Waals surface area contributed by atoms with Crippen LogP contribution in [0.3, 0.4) is 0 Å². The van der Waals surface area contributed by atoms with Crippen LogP contribution in [0.2, 0.25) is 0 Å². The molecule has 2 N–H and O–H groups in total. The number of sulfonamides is 1. The van der Waals surface area contributed by atoms with E-state index >= 15 is 0 Å². The van der Waals surface area contributed by atoms with Gasteiger partial charge in [-0.1, -0.05) is 13.0 Å². The third-order valence-corrected chi connectivity index (χ3v) is 7.71. The predicted molar refractivity (Wildman–Crippen MR) is 126 cm³/mol. The zero-order valence-electron chi connectivity index (χ0n) is 18.8. The first-order chi connectivity index (χ1) is 15.6. The van der Waals surface area contributed by atoms with Gasteiger partial charge < -0.3 is 15.0 Å². The summed E-state index contributed by atoms with van der Waals surface area (Å²) >= 11 is 0. The average Bonchev–Trinajstić information content (AvgIpc) is 3.14. The molecular weight excluding hydrogens is 442 g/mol. The van der Waals surface area contributed by atoms with E-state index in [0.29, 0.717) is 17.2 Å². The number of anilines is 1. The van der Waals surface area contributed by atoms with Crippen LogP contribution in [-0.4, -0.2) is 50.3 Å². The van der Waals surface area contributed by atoms with E-state index in [1.54, 1.807) is 12.1 Å². The Kier molecular flexibility index (Phi) is 6.27. The number of hydrogen-bond donors (Lipinski definition) is 2. The molecule has 3 aromatic rings. The molecule has 174 valence electrons. The van der Waals surface area contributed by atoms with Crippen molar-refractivity contribution >= 4 is 38.5 Å². The quantitative estimate of drug-likeness (QED) is 0.538. The molecule has 0 spiro atoms. The number of H-pyrrole nitrogens is 1. The maximum atomic E-state index is 12.6. The molecule has 0 saturated carbocycles. The molecule has 1 heterocycles. The number of hydrogen-bond acceptors (Lipinski definition) is 5. The summed E-state index contributed by atoms with van der Waals surface area (Å²) in [5, 5.41) is 3.59. The standard InChI is InChI=1S/C24H27N3O5S/c1-15-7-9-21-19(11-15)20-12-16(8-10-22(20)26-21)24(29)32-14-23(28)25-17-5-4-6-18(13-17)33(30,31)27(2)3/h4-6,8,10,12-13,15,26H,7,9,11,14H2,1-3H3,(H,25,28). The molecule has 1 aliphatic rings. The summed E-state index contributed by atoms with van der Waals surface area (Å²) in [5.41, 5.74) is 4.16. The van der Waals surface area contributed by atoms with Crippen molar-refractivity contribution in [3.8, 4) is 0 Å². The summed E-state index contributed by atoms with van der Waals surface area (Å²) in [5.74, 6) is -0.548. The fourth-order valence-electron chi connectivity index (χ4n) is 4.07. The van der Waals surface area contributed by atoms with E-state index in [1.165, 1.54) is 43.6 Å². The lowest BCUT2D eigenvalue weighted by Crippen LogP contribution is -2.23. The second-order valence-electron chi connectivity index (χ2n) is 8.63. The van der Waals surface area contributed by atoms with Crippen molar-refractivity contribution in [1.82, 2.24) is 9.29 Å². The number of aromatic nitrogens is 1. The molecule has 1 atom stereocenters. The van der Waals surface area contributed by atoms with Crippen molar-refractivity contribution < 1.29 is 22.7 Å². The highest BCUT2D eigenvalue weighted by atomic mass is 32.2. The lowest BCUT2D eigenvalue weighted by molar-refractivity contribution is -0.119. The Morgan fingerprint density at radius 1 is 1.18 bits per heavy atom. The van der Waals surface area contributed by atoms with Gasteiger partial charge in [0.25, 0.3) is 5.91 Å². The Labute approximate surface area is 193 Å². The van der Waals surface area contributed by atoms with Gasteiger partial charge in [0.1, 0.15) is 0 Å². The van der Waals surface area contributed by atoms with Gasteiger partial charge in [-0.15, -0.1) is 0 Å². The number of carbonyl (C=O) groups excluding carboxylic acids is 2. The zero-order chi connectivity index (χ0) is 23.8. The molecular formula is C24H27N3O5S. The van der Waals surface area contributed by atoms with Gasteiger partial charge >= 0.3 is 5.97 Å². The molecule has 9 heteroatoms. The van der Waals surface area contributed by atoms with E-state index < -0.39 is 28.5 Å². The largest absolute Gasteiger partial charge is 0.452 e. The third-order valence-electron chi connectivity index (χ3n) is 5.90. The minimum Gasteiger partial charge on any atom is -0.452 e. The van der Waals surface area contributed by atoms with E-state index in [0.717, 1.165) is 34.5 Å². The van der Waals surface area contributed by atoms with Crippen LogP contribution in [0.25, 0.3) is 10.9 Å². The highest BCUT2D eigenvalue weighted by Crippen LogP contribution is 2.32. The fourth-order valence-corrected chi connectivity index (χ4v) is 5.02. The van der Waals surface area contributed by atoms with Gasteiger partial charge in [0.15, 0.2) is 6.61 Å². The summed E-state index contributed by atoms with van der Waals surface area (Å²) in [6.07, 6.45) is 3.12. The number of nitrogens with zero attached hydrogens (tertiary/aromatic N) is 1. The number of benzene rings is 2. The normalized spacial score (nSPS) is 15.9. The summed E-state index contributed by atoms with van der Waals surface area (Å²) < 4.78 is 30.8. The number of amides is 1. The van der Waals surface area contributed by atoms with Crippen LogP contribution in [0, 0.1) is 5.92 Å². The van der Waals surface area contributed by atoms with E-state index in [2.05, 4.69) is 17.2 Å². The summed E-state index contributed by atoms with van der Waals surface area (Å²) in [6, 6.07) is 11.3. The van der Waals surface area contributed by atoms with Gasteiger partial charge in [-0.25, -0.2) is 17.5 Å². The van der Waals surface area contributed by atoms with Crippen LogP contribution in [0.4, 0.5) is 5.69 Å². The smallest absolute Gasteiger partial charge is 0.338 e. The molecule has 0 saturated heterocycles. The maximum Gasteiger partial charge on any atom is 0.338 e. The van der Waals surface area contributed by atoms with Crippen molar-refractivity contribution in [3.63, 3.8) is 0 Å². The molecule has 1 aromatic heterocycles. The van der Waals surface area contributed by atoms with Gasteiger partial charge in [0, 0.05) is 36.4 Å². The number of rotatable bonds is 6. The highest BCUT2D eigenvalue weighted by Gasteiger charge is 2.21. The lowest BCUT2D eigenvalue weighted by atomic mass is 9.87. The van der Waals surface area contributed by atoms with Gasteiger partial charge in [-0.3, -0.25) is 4.79 Å². The molecule has 2 aromatic carbocycles. The Hall–Kier alpha value is -3.17. The molecule has 0 bridgehead atoms. The van der Waals surface area contributed by atoms with E-state index in [9.17, 15) is 18.0 Å². The number of fused-ring (bicyclic) bond motifs is 3. The molecule has 1 amide bonds. The molecule has 0 fully saturated rings. The molecule has 0 radical (unpaired) electrons. The van der Waals surface area contributed by atoms with Gasteiger partial charge in [0.2, 0.25) is 10.0 Å². The van der Waals surface area contributed by atoms with Crippen molar-refractivity contribution in [2.75, 3.05) is 26.0 Å². The SMILES string of the molecule is CC1CCc2[nH]c3ccc(C(=O)OCC(=O)Nc4cccc(S(=O)(=O)N(C)C)c4)cc3c2C1. The first-order valence-electron chi connectivity index (χ1n) is 10.8. The summed E-state index contributed by atoms with van der Waals surface area (Å²) in [7, 11) is -0.763. The molecule has 1 unspecified atom stereocenters. The predicted octanol–water partition coefficient (Wildman–Crippen LogP) is 3.34.